The Balaban J connectivity index is 1.66. The summed E-state index contributed by atoms with van der Waals surface area (Å²) >= 11 is 0. The van der Waals surface area contributed by atoms with E-state index in [-0.39, 0.29) is 5.91 Å². The average Bonchev–Trinajstić information content (AvgIpc) is 2.75. The molecule has 0 saturated heterocycles. The molecule has 0 unspecified atom stereocenters. The van der Waals surface area contributed by atoms with E-state index < -0.39 is 0 Å². The molecule has 2 heterocycles. The summed E-state index contributed by atoms with van der Waals surface area (Å²) in [5.41, 5.74) is 7.61. The van der Waals surface area contributed by atoms with Crippen LogP contribution in [0.5, 0.6) is 0 Å². The number of nitrogens with one attached hydrogen (secondary N) is 1. The van der Waals surface area contributed by atoms with Crippen LogP contribution in [0.2, 0.25) is 0 Å². The smallest absolute Gasteiger partial charge is 0.267 e. The van der Waals surface area contributed by atoms with Crippen molar-refractivity contribution in [3.05, 3.63) is 95.8 Å². The summed E-state index contributed by atoms with van der Waals surface area (Å²) in [5, 5.41) is 4.88. The molecule has 0 saturated carbocycles. The van der Waals surface area contributed by atoms with Crippen LogP contribution in [-0.2, 0) is 0 Å². The second-order valence-corrected chi connectivity index (χ2v) is 6.42. The molecule has 0 atom stereocenters. The summed E-state index contributed by atoms with van der Waals surface area (Å²) in [6.07, 6.45) is 5.04. The first kappa shape index (κ1) is 17.5. The molecule has 0 fully saturated rings. The first-order chi connectivity index (χ1) is 13.7. The first-order valence-electron chi connectivity index (χ1n) is 8.91. The third-order valence-electron chi connectivity index (χ3n) is 4.39. The van der Waals surface area contributed by atoms with Crippen LogP contribution in [0.3, 0.4) is 0 Å². The molecule has 0 spiro atoms. The highest BCUT2D eigenvalue weighted by Gasteiger charge is 2.13. The second-order valence-electron chi connectivity index (χ2n) is 6.42. The Hall–Kier alpha value is -3.86. The maximum absolute atomic E-state index is 12.8. The van der Waals surface area contributed by atoms with Gasteiger partial charge in [0.2, 0.25) is 0 Å². The number of carbonyl (C=O) groups is 1. The molecule has 2 aromatic carbocycles. The van der Waals surface area contributed by atoms with Crippen molar-refractivity contribution in [2.45, 2.75) is 6.92 Å². The van der Waals surface area contributed by atoms with Crippen molar-refractivity contribution >= 4 is 23.0 Å². The van der Waals surface area contributed by atoms with E-state index >= 15 is 0 Å². The third-order valence-corrected chi connectivity index (χ3v) is 4.39. The normalized spacial score (nSPS) is 11.0. The highest BCUT2D eigenvalue weighted by molar-refractivity contribution is 6.07. The molecule has 0 aliphatic carbocycles. The SMILES string of the molecule is Cc1ccc(/C=N/NC(=O)c2cc(-c3ccncc3)nc3ccccc23)cc1. The van der Waals surface area contributed by atoms with Crippen LogP contribution in [0.15, 0.2) is 84.2 Å². The predicted octanol–water partition coefficient (Wildman–Crippen LogP) is 4.37. The van der Waals surface area contributed by atoms with Gasteiger partial charge in [0, 0.05) is 23.3 Å². The lowest BCUT2D eigenvalue weighted by molar-refractivity contribution is 0.0956. The topological polar surface area (TPSA) is 67.2 Å². The summed E-state index contributed by atoms with van der Waals surface area (Å²) in [4.78, 5) is 21.5. The Labute approximate surface area is 162 Å². The van der Waals surface area contributed by atoms with Gasteiger partial charge in [-0.2, -0.15) is 5.10 Å². The number of aryl methyl sites for hydroxylation is 1. The van der Waals surface area contributed by atoms with Gasteiger partial charge >= 0.3 is 0 Å². The van der Waals surface area contributed by atoms with Gasteiger partial charge in [-0.25, -0.2) is 10.4 Å². The van der Waals surface area contributed by atoms with Crippen molar-refractivity contribution < 1.29 is 4.79 Å². The summed E-state index contributed by atoms with van der Waals surface area (Å²) in [6.45, 7) is 2.03. The molecule has 2 aromatic heterocycles. The zero-order valence-electron chi connectivity index (χ0n) is 15.3. The maximum Gasteiger partial charge on any atom is 0.272 e. The number of hydrogen-bond acceptors (Lipinski definition) is 4. The molecule has 136 valence electrons. The zero-order valence-corrected chi connectivity index (χ0v) is 15.3. The van der Waals surface area contributed by atoms with E-state index in [4.69, 9.17) is 0 Å². The fraction of sp³-hybridized carbons (Fsp3) is 0.0435. The molecule has 5 heteroatoms. The number of aromatic nitrogens is 2. The summed E-state index contributed by atoms with van der Waals surface area (Å²) in [5.74, 6) is -0.280. The van der Waals surface area contributed by atoms with E-state index in [9.17, 15) is 4.79 Å². The summed E-state index contributed by atoms with van der Waals surface area (Å²) in [7, 11) is 0. The van der Waals surface area contributed by atoms with Crippen LogP contribution in [0.25, 0.3) is 22.2 Å². The van der Waals surface area contributed by atoms with E-state index in [1.807, 2.05) is 67.6 Å². The predicted molar refractivity (Wildman–Crippen MR) is 111 cm³/mol. The van der Waals surface area contributed by atoms with Crippen molar-refractivity contribution in [1.82, 2.24) is 15.4 Å². The number of hydrazone groups is 1. The minimum Gasteiger partial charge on any atom is -0.267 e. The van der Waals surface area contributed by atoms with Gasteiger partial charge in [-0.15, -0.1) is 0 Å². The number of para-hydroxylation sites is 1. The molecule has 1 amide bonds. The molecule has 0 aliphatic rings. The highest BCUT2D eigenvalue weighted by Crippen LogP contribution is 2.24. The van der Waals surface area contributed by atoms with Crippen molar-refractivity contribution in [3.8, 4) is 11.3 Å². The quantitative estimate of drug-likeness (QED) is 0.431. The molecule has 0 aliphatic heterocycles. The number of nitrogens with zero attached hydrogens (tertiary/aromatic N) is 3. The lowest BCUT2D eigenvalue weighted by atomic mass is 10.0. The zero-order chi connectivity index (χ0) is 19.3. The van der Waals surface area contributed by atoms with Crippen molar-refractivity contribution in [2.75, 3.05) is 0 Å². The lowest BCUT2D eigenvalue weighted by Gasteiger charge is -2.08. The van der Waals surface area contributed by atoms with Crippen LogP contribution in [0.1, 0.15) is 21.5 Å². The monoisotopic (exact) mass is 366 g/mol. The van der Waals surface area contributed by atoms with Crippen LogP contribution in [0, 0.1) is 6.92 Å². The number of hydrogen-bond donors (Lipinski definition) is 1. The molecule has 28 heavy (non-hydrogen) atoms. The second kappa shape index (κ2) is 7.80. The maximum atomic E-state index is 12.8. The summed E-state index contributed by atoms with van der Waals surface area (Å²) in [6, 6.07) is 21.0. The van der Waals surface area contributed by atoms with Crippen molar-refractivity contribution in [1.29, 1.82) is 0 Å². The lowest BCUT2D eigenvalue weighted by Crippen LogP contribution is -2.18. The largest absolute Gasteiger partial charge is 0.272 e. The fourth-order valence-corrected chi connectivity index (χ4v) is 2.91. The molecule has 4 aromatic rings. The van der Waals surface area contributed by atoms with Crippen LogP contribution >= 0.6 is 0 Å². The van der Waals surface area contributed by atoms with Crippen molar-refractivity contribution in [3.63, 3.8) is 0 Å². The Morgan fingerprint density at radius 2 is 1.75 bits per heavy atom. The first-order valence-corrected chi connectivity index (χ1v) is 8.91. The van der Waals surface area contributed by atoms with E-state index in [0.29, 0.717) is 11.3 Å². The van der Waals surface area contributed by atoms with Gasteiger partial charge in [0.05, 0.1) is 23.0 Å². The number of benzene rings is 2. The minimum absolute atomic E-state index is 0.280. The molecular formula is C23H18N4O. The Bertz CT molecular complexity index is 1150. The van der Waals surface area contributed by atoms with Gasteiger partial charge in [0.15, 0.2) is 0 Å². The van der Waals surface area contributed by atoms with E-state index in [2.05, 4.69) is 20.5 Å². The standard InChI is InChI=1S/C23H18N4O/c1-16-6-8-17(9-7-16)15-25-27-23(28)20-14-22(18-10-12-24-13-11-18)26-21-5-3-2-4-19(20)21/h2-15H,1H3,(H,27,28)/b25-15+. The Morgan fingerprint density at radius 3 is 2.54 bits per heavy atom. The van der Waals surface area contributed by atoms with Gasteiger partial charge < -0.3 is 0 Å². The van der Waals surface area contributed by atoms with Gasteiger partial charge in [0.1, 0.15) is 0 Å². The fourth-order valence-electron chi connectivity index (χ4n) is 2.91. The molecule has 5 nitrogen and oxygen atoms in total. The van der Waals surface area contributed by atoms with Gasteiger partial charge in [-0.05, 0) is 36.8 Å². The van der Waals surface area contributed by atoms with Crippen LogP contribution in [0.4, 0.5) is 0 Å². The number of rotatable bonds is 4. The summed E-state index contributed by atoms with van der Waals surface area (Å²) < 4.78 is 0. The van der Waals surface area contributed by atoms with E-state index in [1.54, 1.807) is 24.7 Å². The Kier molecular flexibility index (Phi) is 4.89. The molecule has 4 rings (SSSR count). The van der Waals surface area contributed by atoms with Gasteiger partial charge in [-0.1, -0.05) is 48.0 Å². The average molecular weight is 366 g/mol. The minimum atomic E-state index is -0.280. The molecule has 0 bridgehead atoms. The number of carbonyl (C=O) groups excluding carboxylic acids is 1. The van der Waals surface area contributed by atoms with Gasteiger partial charge in [0.25, 0.3) is 5.91 Å². The van der Waals surface area contributed by atoms with E-state index in [0.717, 1.165) is 22.0 Å². The van der Waals surface area contributed by atoms with Crippen LogP contribution < -0.4 is 5.43 Å². The molecule has 1 N–H and O–H groups in total. The van der Waals surface area contributed by atoms with E-state index in [1.165, 1.54) is 5.56 Å². The molecule has 0 radical (unpaired) electrons. The third kappa shape index (κ3) is 3.78. The number of pyridine rings is 2. The molecular weight excluding hydrogens is 348 g/mol. The Morgan fingerprint density at radius 1 is 1.00 bits per heavy atom. The number of fused-ring (bicyclic) bond motifs is 1. The van der Waals surface area contributed by atoms with Crippen LogP contribution in [-0.4, -0.2) is 22.1 Å². The van der Waals surface area contributed by atoms with Gasteiger partial charge in [-0.3, -0.25) is 9.78 Å². The van der Waals surface area contributed by atoms with Crippen molar-refractivity contribution in [2.24, 2.45) is 5.10 Å². The highest BCUT2D eigenvalue weighted by atomic mass is 16.2. The number of amides is 1.